The van der Waals surface area contributed by atoms with E-state index in [0.717, 1.165) is 50.0 Å². The second-order valence-corrected chi connectivity index (χ2v) is 14.0. The number of methoxy groups -OCH3 is 1. The fraction of sp³-hybridized carbons (Fsp3) is 0.688. The lowest BCUT2D eigenvalue weighted by Gasteiger charge is -2.65. The molecule has 0 radical (unpaired) electrons. The van der Waals surface area contributed by atoms with Gasteiger partial charge in [0.15, 0.2) is 11.5 Å². The maximum Gasteiger partial charge on any atom is 0.166 e. The molecule has 4 fully saturated rings. The van der Waals surface area contributed by atoms with Crippen molar-refractivity contribution in [1.82, 2.24) is 10.2 Å². The van der Waals surface area contributed by atoms with Crippen LogP contribution in [0.5, 0.6) is 11.5 Å². The van der Waals surface area contributed by atoms with Gasteiger partial charge in [-0.1, -0.05) is 43.9 Å². The van der Waals surface area contributed by atoms with Crippen molar-refractivity contribution < 1.29 is 14.6 Å². The maximum absolute atomic E-state index is 10.3. The molecule has 8 rings (SSSR count). The van der Waals surface area contributed by atoms with E-state index in [9.17, 15) is 5.11 Å². The third-order valence-electron chi connectivity index (χ3n) is 10.6. The molecule has 37 heavy (non-hydrogen) atoms. The summed E-state index contributed by atoms with van der Waals surface area (Å²) in [5.41, 5.74) is 3.74. The number of benzene rings is 1. The van der Waals surface area contributed by atoms with Gasteiger partial charge in [0.05, 0.1) is 31.7 Å². The van der Waals surface area contributed by atoms with E-state index in [1.165, 1.54) is 49.7 Å². The van der Waals surface area contributed by atoms with E-state index in [2.05, 4.69) is 48.0 Å². The molecule has 0 amide bonds. The first-order valence-corrected chi connectivity index (χ1v) is 14.4. The number of nitrogens with zero attached hydrogens (tertiary/aromatic N) is 1. The van der Waals surface area contributed by atoms with Crippen LogP contribution in [0.25, 0.3) is 0 Å². The third-order valence-corrected chi connectivity index (χ3v) is 10.6. The summed E-state index contributed by atoms with van der Waals surface area (Å²) < 4.78 is 12.1. The zero-order chi connectivity index (χ0) is 25.5. The molecule has 4 saturated carbocycles. The summed E-state index contributed by atoms with van der Waals surface area (Å²) >= 11 is 0. The Labute approximate surface area is 222 Å². The maximum atomic E-state index is 10.3. The Kier molecular flexibility index (Phi) is 5.37. The Morgan fingerprint density at radius 2 is 1.95 bits per heavy atom. The molecule has 2 aliphatic heterocycles. The lowest BCUT2D eigenvalue weighted by atomic mass is 9.43. The van der Waals surface area contributed by atoms with E-state index in [1.807, 2.05) is 12.1 Å². The third kappa shape index (κ3) is 3.86. The van der Waals surface area contributed by atoms with Crippen molar-refractivity contribution >= 4 is 0 Å². The van der Waals surface area contributed by atoms with Gasteiger partial charge in [0, 0.05) is 30.6 Å². The molecule has 1 aromatic carbocycles. The smallest absolute Gasteiger partial charge is 0.166 e. The van der Waals surface area contributed by atoms with Crippen LogP contribution < -0.4 is 14.8 Å². The summed E-state index contributed by atoms with van der Waals surface area (Å²) in [7, 11) is 1.71. The standard InChI is InChI=1S/C32H42N2O3/c1-29-15-22-16-30(2,19-29)21-31(17-22,20-29)33-11-4-5-12-34-13-10-32-9-8-24(35)14-26(32)37-28-25(36-3)7-6-23(18-34)27(28)32/h6-9,22,24,26,33,35H,10-21H2,1-3H3/t22?,24-,26-,29?,30?,31?,32-/m0/s1. The van der Waals surface area contributed by atoms with Crippen molar-refractivity contribution in [2.75, 3.05) is 26.7 Å². The molecule has 5 nitrogen and oxygen atoms in total. The molecule has 5 heteroatoms. The van der Waals surface area contributed by atoms with Gasteiger partial charge in [-0.05, 0) is 73.3 Å². The van der Waals surface area contributed by atoms with Crippen LogP contribution in [0.2, 0.25) is 0 Å². The Hall–Kier alpha value is -2.00. The second kappa shape index (κ2) is 8.25. The average Bonchev–Trinajstić information content (AvgIpc) is 3.05. The van der Waals surface area contributed by atoms with Crippen molar-refractivity contribution in [1.29, 1.82) is 0 Å². The second-order valence-electron chi connectivity index (χ2n) is 14.0. The highest BCUT2D eigenvalue weighted by Crippen LogP contribution is 2.66. The van der Waals surface area contributed by atoms with Gasteiger partial charge in [0.25, 0.3) is 0 Å². The van der Waals surface area contributed by atoms with Gasteiger partial charge < -0.3 is 19.9 Å². The number of rotatable bonds is 4. The highest BCUT2D eigenvalue weighted by atomic mass is 16.5. The average molecular weight is 503 g/mol. The summed E-state index contributed by atoms with van der Waals surface area (Å²) in [5, 5.41) is 14.3. The first kappa shape index (κ1) is 24.1. The highest BCUT2D eigenvalue weighted by Gasteiger charge is 2.60. The monoisotopic (exact) mass is 502 g/mol. The molecule has 0 saturated heterocycles. The lowest BCUT2D eigenvalue weighted by Crippen LogP contribution is -2.64. The van der Waals surface area contributed by atoms with Crippen molar-refractivity contribution in [3.8, 4) is 23.3 Å². The van der Waals surface area contributed by atoms with Gasteiger partial charge in [-0.3, -0.25) is 4.90 Å². The van der Waals surface area contributed by atoms with Crippen LogP contribution in [0.4, 0.5) is 0 Å². The van der Waals surface area contributed by atoms with Gasteiger partial charge in [-0.15, -0.1) is 0 Å². The molecule has 2 unspecified atom stereocenters. The molecular formula is C32H42N2O3. The summed E-state index contributed by atoms with van der Waals surface area (Å²) in [6.07, 6.45) is 13.6. The van der Waals surface area contributed by atoms with Crippen molar-refractivity contribution in [2.45, 2.75) is 94.9 Å². The van der Waals surface area contributed by atoms with Gasteiger partial charge >= 0.3 is 0 Å². The Morgan fingerprint density at radius 3 is 2.70 bits per heavy atom. The molecule has 0 aromatic heterocycles. The Balaban J connectivity index is 1.05. The molecule has 1 aromatic rings. The fourth-order valence-electron chi connectivity index (χ4n) is 10.2. The summed E-state index contributed by atoms with van der Waals surface area (Å²) in [6.45, 7) is 8.48. The molecule has 2 heterocycles. The first-order chi connectivity index (χ1) is 17.7. The van der Waals surface area contributed by atoms with Crippen LogP contribution in [-0.4, -0.2) is 54.5 Å². The van der Waals surface area contributed by atoms with Crippen molar-refractivity contribution in [3.63, 3.8) is 0 Å². The van der Waals surface area contributed by atoms with Crippen molar-refractivity contribution in [3.05, 3.63) is 35.4 Å². The number of nitrogens with one attached hydrogen (secondary N) is 1. The first-order valence-electron chi connectivity index (χ1n) is 14.4. The Morgan fingerprint density at radius 1 is 1.14 bits per heavy atom. The fourth-order valence-corrected chi connectivity index (χ4v) is 10.2. The van der Waals surface area contributed by atoms with Crippen LogP contribution in [0.3, 0.4) is 0 Å². The summed E-state index contributed by atoms with van der Waals surface area (Å²) in [6, 6.07) is 4.23. The minimum absolute atomic E-state index is 0.0446. The summed E-state index contributed by atoms with van der Waals surface area (Å²) in [4.78, 5) is 2.48. The van der Waals surface area contributed by atoms with Crippen LogP contribution >= 0.6 is 0 Å². The van der Waals surface area contributed by atoms with Crippen LogP contribution in [0.15, 0.2) is 24.3 Å². The van der Waals surface area contributed by atoms with Gasteiger partial charge in [-0.25, -0.2) is 0 Å². The molecule has 198 valence electrons. The predicted octanol–water partition coefficient (Wildman–Crippen LogP) is 4.56. The summed E-state index contributed by atoms with van der Waals surface area (Å²) in [5.74, 6) is 9.58. The van der Waals surface area contributed by atoms with Gasteiger partial charge in [0.2, 0.25) is 0 Å². The van der Waals surface area contributed by atoms with E-state index in [1.54, 1.807) is 7.11 Å². The van der Waals surface area contributed by atoms with E-state index >= 15 is 0 Å². The minimum Gasteiger partial charge on any atom is -0.493 e. The molecule has 5 atom stereocenters. The number of hydrogen-bond donors (Lipinski definition) is 2. The van der Waals surface area contributed by atoms with Crippen LogP contribution in [0, 0.1) is 28.6 Å². The van der Waals surface area contributed by atoms with Gasteiger partial charge in [-0.2, -0.15) is 0 Å². The number of aliphatic hydroxyl groups is 1. The number of aliphatic hydroxyl groups excluding tert-OH is 1. The van der Waals surface area contributed by atoms with Crippen LogP contribution in [0.1, 0.15) is 76.3 Å². The predicted molar refractivity (Wildman–Crippen MR) is 145 cm³/mol. The normalized spacial score (nSPS) is 42.9. The minimum atomic E-state index is -0.448. The van der Waals surface area contributed by atoms with E-state index in [4.69, 9.17) is 9.47 Å². The lowest BCUT2D eigenvalue weighted by molar-refractivity contribution is -0.116. The molecule has 2 N–H and O–H groups in total. The topological polar surface area (TPSA) is 54.0 Å². The van der Waals surface area contributed by atoms with E-state index in [0.29, 0.717) is 22.8 Å². The van der Waals surface area contributed by atoms with Gasteiger partial charge in [0.1, 0.15) is 6.10 Å². The molecular weight excluding hydrogens is 460 g/mol. The van der Waals surface area contributed by atoms with E-state index < -0.39 is 6.10 Å². The Bertz CT molecular complexity index is 1180. The SMILES string of the molecule is COc1ccc2c3c1O[C@H]1C[C@@H](O)C=C[C@@]31CCN(CC#CCNC13CC4CC(C)(CC(C)(C4)C1)C3)C2. The highest BCUT2D eigenvalue weighted by molar-refractivity contribution is 5.61. The largest absolute Gasteiger partial charge is 0.493 e. The number of hydrogen-bond acceptors (Lipinski definition) is 5. The molecule has 7 aliphatic rings. The van der Waals surface area contributed by atoms with Crippen LogP contribution in [-0.2, 0) is 12.0 Å². The molecule has 5 aliphatic carbocycles. The quantitative estimate of drug-likeness (QED) is 0.467. The zero-order valence-electron chi connectivity index (χ0n) is 22.7. The van der Waals surface area contributed by atoms with Crippen molar-refractivity contribution in [2.24, 2.45) is 16.7 Å². The zero-order valence-corrected chi connectivity index (χ0v) is 22.7. The molecule has 1 spiro atoms. The van der Waals surface area contributed by atoms with E-state index in [-0.39, 0.29) is 11.5 Å². The molecule has 4 bridgehead atoms. The number of ether oxygens (including phenoxy) is 2.